The summed E-state index contributed by atoms with van der Waals surface area (Å²) in [7, 11) is 0. The molecular formula is C29H48O5. The lowest BCUT2D eigenvalue weighted by molar-refractivity contribution is -0.213. The largest absolute Gasteiger partial charge is 0.466 e. The van der Waals surface area contributed by atoms with Crippen molar-refractivity contribution in [2.24, 2.45) is 46.3 Å². The minimum atomic E-state index is -1.34. The first-order valence-corrected chi connectivity index (χ1v) is 14.0. The number of aliphatic hydroxyl groups is 2. The highest BCUT2D eigenvalue weighted by Crippen LogP contribution is 2.68. The Hall–Kier alpha value is -0.940. The quantitative estimate of drug-likeness (QED) is 0.487. The van der Waals surface area contributed by atoms with Gasteiger partial charge >= 0.3 is 5.97 Å². The number of carbonyl (C=O) groups is 2. The summed E-state index contributed by atoms with van der Waals surface area (Å²) in [6.45, 7) is 11.2. The summed E-state index contributed by atoms with van der Waals surface area (Å²) < 4.78 is 5.17. The smallest absolute Gasteiger partial charge is 0.302 e. The summed E-state index contributed by atoms with van der Waals surface area (Å²) in [4.78, 5) is 24.4. The molecule has 4 fully saturated rings. The SMILES string of the molecule is CC(=O)OCC(C)CCCC(C)C1CCC2C3CC(=O)C4(O)CC(O)CCC4(C)C3CCC12C. The summed E-state index contributed by atoms with van der Waals surface area (Å²) in [6.07, 6.45) is 9.84. The van der Waals surface area contributed by atoms with Crippen molar-refractivity contribution < 1.29 is 24.5 Å². The van der Waals surface area contributed by atoms with Gasteiger partial charge in [-0.25, -0.2) is 0 Å². The molecule has 5 nitrogen and oxygen atoms in total. The van der Waals surface area contributed by atoms with Gasteiger partial charge in [0.1, 0.15) is 5.60 Å². The lowest BCUT2D eigenvalue weighted by Crippen LogP contribution is -2.67. The predicted molar refractivity (Wildman–Crippen MR) is 132 cm³/mol. The Labute approximate surface area is 206 Å². The van der Waals surface area contributed by atoms with Crippen LogP contribution in [0.4, 0.5) is 0 Å². The van der Waals surface area contributed by atoms with E-state index in [1.54, 1.807) is 0 Å². The van der Waals surface area contributed by atoms with E-state index in [0.717, 1.165) is 19.3 Å². The van der Waals surface area contributed by atoms with Crippen molar-refractivity contribution in [1.82, 2.24) is 0 Å². The average molecular weight is 477 g/mol. The van der Waals surface area contributed by atoms with Gasteiger partial charge in [0.05, 0.1) is 12.7 Å². The number of aliphatic hydroxyl groups excluding tert-OH is 1. The molecule has 10 unspecified atom stereocenters. The zero-order valence-corrected chi connectivity index (χ0v) is 22.1. The van der Waals surface area contributed by atoms with Crippen LogP contribution in [0.1, 0.15) is 105 Å². The highest BCUT2D eigenvalue weighted by atomic mass is 16.5. The van der Waals surface area contributed by atoms with Crippen molar-refractivity contribution in [3.63, 3.8) is 0 Å². The van der Waals surface area contributed by atoms with Gasteiger partial charge in [0.15, 0.2) is 5.78 Å². The van der Waals surface area contributed by atoms with Crippen LogP contribution in [-0.4, -0.2) is 40.3 Å². The van der Waals surface area contributed by atoms with Crippen molar-refractivity contribution in [2.45, 2.75) is 117 Å². The van der Waals surface area contributed by atoms with Crippen molar-refractivity contribution in [1.29, 1.82) is 0 Å². The van der Waals surface area contributed by atoms with Crippen LogP contribution in [-0.2, 0) is 14.3 Å². The Kier molecular flexibility index (Phi) is 7.30. The van der Waals surface area contributed by atoms with Crippen molar-refractivity contribution in [3.05, 3.63) is 0 Å². The van der Waals surface area contributed by atoms with E-state index in [-0.39, 0.29) is 23.6 Å². The molecule has 0 bridgehead atoms. The van der Waals surface area contributed by atoms with Crippen LogP contribution in [0.15, 0.2) is 0 Å². The molecule has 194 valence electrons. The summed E-state index contributed by atoms with van der Waals surface area (Å²) in [5, 5.41) is 21.8. The van der Waals surface area contributed by atoms with Crippen LogP contribution in [0.2, 0.25) is 0 Å². The molecule has 4 rings (SSSR count). The number of hydrogen-bond acceptors (Lipinski definition) is 5. The maximum Gasteiger partial charge on any atom is 0.302 e. The highest BCUT2D eigenvalue weighted by Gasteiger charge is 2.67. The fourth-order valence-electron chi connectivity index (χ4n) is 9.33. The first-order valence-electron chi connectivity index (χ1n) is 14.0. The number of rotatable bonds is 7. The first-order chi connectivity index (χ1) is 15.9. The van der Waals surface area contributed by atoms with E-state index in [1.807, 2.05) is 0 Å². The fourth-order valence-corrected chi connectivity index (χ4v) is 9.33. The topological polar surface area (TPSA) is 83.8 Å². The number of esters is 1. The first kappa shape index (κ1) is 26.1. The van der Waals surface area contributed by atoms with Gasteiger partial charge in [-0.2, -0.15) is 0 Å². The van der Waals surface area contributed by atoms with Gasteiger partial charge in [0.25, 0.3) is 0 Å². The number of carbonyl (C=O) groups excluding carboxylic acids is 2. The van der Waals surface area contributed by atoms with Crippen LogP contribution >= 0.6 is 0 Å². The van der Waals surface area contributed by atoms with Crippen LogP contribution in [0.5, 0.6) is 0 Å². The summed E-state index contributed by atoms with van der Waals surface area (Å²) in [5.74, 6) is 2.89. The maximum absolute atomic E-state index is 13.4. The third-order valence-corrected chi connectivity index (χ3v) is 11.3. The molecule has 4 aliphatic rings. The summed E-state index contributed by atoms with van der Waals surface area (Å²) >= 11 is 0. The lowest BCUT2D eigenvalue weighted by atomic mass is 9.42. The Morgan fingerprint density at radius 2 is 1.82 bits per heavy atom. The molecule has 0 aliphatic heterocycles. The second kappa shape index (κ2) is 9.50. The molecule has 0 spiro atoms. The number of ether oxygens (including phenoxy) is 1. The predicted octanol–water partition coefficient (Wildman–Crippen LogP) is 5.31. The summed E-state index contributed by atoms with van der Waals surface area (Å²) in [5.41, 5.74) is -1.45. The van der Waals surface area contributed by atoms with E-state index in [0.29, 0.717) is 55.0 Å². The van der Waals surface area contributed by atoms with Gasteiger partial charge in [-0.1, -0.05) is 40.5 Å². The minimum absolute atomic E-state index is 0.00230. The van der Waals surface area contributed by atoms with Crippen LogP contribution in [0.25, 0.3) is 0 Å². The number of hydrogen-bond donors (Lipinski definition) is 2. The number of ketones is 1. The van der Waals surface area contributed by atoms with E-state index >= 15 is 0 Å². The number of Topliss-reactive ketones (excluding diaryl/α,β-unsaturated/α-hetero) is 1. The average Bonchev–Trinajstić information content (AvgIpc) is 3.12. The molecule has 0 aromatic heterocycles. The van der Waals surface area contributed by atoms with Gasteiger partial charge in [-0.3, -0.25) is 9.59 Å². The van der Waals surface area contributed by atoms with E-state index in [1.165, 1.54) is 39.0 Å². The molecule has 4 aliphatic carbocycles. The van der Waals surface area contributed by atoms with Crippen molar-refractivity contribution >= 4 is 11.8 Å². The molecule has 0 aromatic rings. The Balaban J connectivity index is 1.41. The molecule has 2 N–H and O–H groups in total. The Bertz CT molecular complexity index is 780. The monoisotopic (exact) mass is 476 g/mol. The number of fused-ring (bicyclic) bond motifs is 5. The van der Waals surface area contributed by atoms with E-state index in [9.17, 15) is 19.8 Å². The van der Waals surface area contributed by atoms with Gasteiger partial charge < -0.3 is 14.9 Å². The molecule has 0 saturated heterocycles. The molecule has 0 aromatic carbocycles. The van der Waals surface area contributed by atoms with Crippen LogP contribution in [0.3, 0.4) is 0 Å². The van der Waals surface area contributed by atoms with E-state index in [4.69, 9.17) is 4.74 Å². The molecular weight excluding hydrogens is 428 g/mol. The van der Waals surface area contributed by atoms with Gasteiger partial charge in [-0.05, 0) is 85.9 Å². The zero-order valence-electron chi connectivity index (χ0n) is 22.1. The fraction of sp³-hybridized carbons (Fsp3) is 0.931. The molecule has 5 heteroatoms. The van der Waals surface area contributed by atoms with Gasteiger partial charge in [0.2, 0.25) is 0 Å². The second-order valence-corrected chi connectivity index (χ2v) is 13.2. The molecule has 0 amide bonds. The molecule has 34 heavy (non-hydrogen) atoms. The second-order valence-electron chi connectivity index (χ2n) is 13.2. The van der Waals surface area contributed by atoms with Crippen LogP contribution in [0, 0.1) is 46.3 Å². The van der Waals surface area contributed by atoms with Crippen LogP contribution < -0.4 is 0 Å². The summed E-state index contributed by atoms with van der Waals surface area (Å²) in [6, 6.07) is 0. The molecule has 0 heterocycles. The third-order valence-electron chi connectivity index (χ3n) is 11.3. The molecule has 10 atom stereocenters. The van der Waals surface area contributed by atoms with Crippen molar-refractivity contribution in [3.8, 4) is 0 Å². The maximum atomic E-state index is 13.4. The minimum Gasteiger partial charge on any atom is -0.466 e. The standard InChI is InChI=1S/C29H48O5/c1-18(17-34-20(3)30)7-6-8-19(2)23-9-10-24-22-15-26(32)29(33)16-21(31)11-14-28(29,5)25(22)12-13-27(23,24)4/h18-19,21-25,31,33H,6-17H2,1-5H3. The lowest BCUT2D eigenvalue weighted by Gasteiger charge is -2.63. The normalized spacial score (nSPS) is 45.6. The van der Waals surface area contributed by atoms with Crippen molar-refractivity contribution in [2.75, 3.05) is 6.61 Å². The van der Waals surface area contributed by atoms with Gasteiger partial charge in [-0.15, -0.1) is 0 Å². The van der Waals surface area contributed by atoms with Gasteiger partial charge in [0, 0.05) is 25.2 Å². The zero-order chi connectivity index (χ0) is 24.9. The molecule has 4 saturated carbocycles. The Morgan fingerprint density at radius 1 is 1.09 bits per heavy atom. The molecule has 0 radical (unpaired) electrons. The van der Waals surface area contributed by atoms with E-state index in [2.05, 4.69) is 27.7 Å². The Morgan fingerprint density at radius 3 is 2.53 bits per heavy atom. The highest BCUT2D eigenvalue weighted by molar-refractivity contribution is 5.89. The van der Waals surface area contributed by atoms with E-state index < -0.39 is 17.1 Å². The third kappa shape index (κ3) is 4.27.